The number of piperidine rings is 1. The number of hydrogen-bond donors (Lipinski definition) is 1. The molecule has 39 heavy (non-hydrogen) atoms. The quantitative estimate of drug-likeness (QED) is 0.376. The number of alkyl halides is 3. The van der Waals surface area contributed by atoms with E-state index in [0.717, 1.165) is 62.4 Å². The van der Waals surface area contributed by atoms with Gasteiger partial charge in [0.1, 0.15) is 11.9 Å². The first-order chi connectivity index (χ1) is 18.5. The van der Waals surface area contributed by atoms with E-state index in [4.69, 9.17) is 16.3 Å². The average Bonchev–Trinajstić information content (AvgIpc) is 3.51. The molecule has 3 fully saturated rings. The number of fused-ring (bicyclic) bond motifs is 3. The van der Waals surface area contributed by atoms with Crippen molar-refractivity contribution in [2.45, 2.75) is 82.7 Å². The van der Waals surface area contributed by atoms with Gasteiger partial charge in [0.25, 0.3) is 0 Å². The lowest BCUT2D eigenvalue weighted by Crippen LogP contribution is -2.43. The number of aryl methyl sites for hydroxylation is 1. The summed E-state index contributed by atoms with van der Waals surface area (Å²) in [6, 6.07) is 10.0. The molecule has 4 nitrogen and oxygen atoms in total. The molecule has 1 saturated heterocycles. The van der Waals surface area contributed by atoms with Crippen LogP contribution in [0.3, 0.4) is 0 Å². The van der Waals surface area contributed by atoms with Gasteiger partial charge in [0.15, 0.2) is 0 Å². The summed E-state index contributed by atoms with van der Waals surface area (Å²) in [5.74, 6) is 0.858. The number of carboxylic acids is 1. The minimum atomic E-state index is -4.42. The fourth-order valence-electron chi connectivity index (χ4n) is 7.77. The zero-order valence-corrected chi connectivity index (χ0v) is 23.0. The van der Waals surface area contributed by atoms with E-state index < -0.39 is 23.6 Å². The van der Waals surface area contributed by atoms with Gasteiger partial charge in [-0.15, -0.1) is 0 Å². The Morgan fingerprint density at radius 1 is 1.10 bits per heavy atom. The molecule has 4 aliphatic rings. The number of halogens is 4. The highest BCUT2D eigenvalue weighted by atomic mass is 35.5. The van der Waals surface area contributed by atoms with Gasteiger partial charge < -0.3 is 9.84 Å². The Labute approximate surface area is 232 Å². The molecule has 2 saturated carbocycles. The van der Waals surface area contributed by atoms with Crippen molar-refractivity contribution in [3.05, 3.63) is 63.7 Å². The molecular weight excluding hydrogens is 527 g/mol. The maximum atomic E-state index is 13.7. The number of ether oxygens (including phenoxy) is 1. The van der Waals surface area contributed by atoms with Crippen molar-refractivity contribution >= 4 is 17.6 Å². The maximum absolute atomic E-state index is 13.7. The lowest BCUT2D eigenvalue weighted by Gasteiger charge is -2.40. The molecule has 8 heteroatoms. The van der Waals surface area contributed by atoms with Crippen molar-refractivity contribution in [2.75, 3.05) is 6.54 Å². The third kappa shape index (κ3) is 5.06. The predicted molar refractivity (Wildman–Crippen MR) is 143 cm³/mol. The van der Waals surface area contributed by atoms with Gasteiger partial charge in [0, 0.05) is 29.6 Å². The highest BCUT2D eigenvalue weighted by molar-refractivity contribution is 6.30. The normalized spacial score (nSPS) is 29.0. The Kier molecular flexibility index (Phi) is 6.90. The number of aliphatic carboxylic acids is 1. The van der Waals surface area contributed by atoms with Crippen LogP contribution in [0.1, 0.15) is 80.2 Å². The van der Waals surface area contributed by atoms with Crippen LogP contribution in [-0.2, 0) is 17.4 Å². The highest BCUT2D eigenvalue weighted by Gasteiger charge is 2.50. The minimum absolute atomic E-state index is 0.00222. The van der Waals surface area contributed by atoms with Gasteiger partial charge in [-0.25, -0.2) is 0 Å². The highest BCUT2D eigenvalue weighted by Crippen LogP contribution is 2.51. The largest absolute Gasteiger partial charge is 0.490 e. The first-order valence-electron chi connectivity index (χ1n) is 14.2. The van der Waals surface area contributed by atoms with Gasteiger partial charge >= 0.3 is 12.1 Å². The third-order valence-corrected chi connectivity index (χ3v) is 10.1. The van der Waals surface area contributed by atoms with Gasteiger partial charge in [-0.05, 0) is 104 Å². The molecule has 210 valence electrons. The van der Waals surface area contributed by atoms with E-state index in [1.54, 1.807) is 6.92 Å². The fourth-order valence-corrected chi connectivity index (χ4v) is 7.95. The topological polar surface area (TPSA) is 49.8 Å². The summed E-state index contributed by atoms with van der Waals surface area (Å²) >= 11 is 6.12. The molecule has 1 N–H and O–H groups in total. The Hall–Kier alpha value is -2.25. The molecule has 0 amide bonds. The molecule has 0 radical (unpaired) electrons. The van der Waals surface area contributed by atoms with Crippen molar-refractivity contribution in [3.63, 3.8) is 0 Å². The van der Waals surface area contributed by atoms with Crippen LogP contribution < -0.4 is 4.74 Å². The van der Waals surface area contributed by atoms with Crippen LogP contribution in [0.2, 0.25) is 5.02 Å². The summed E-state index contributed by atoms with van der Waals surface area (Å²) in [5, 5.41) is 10.0. The van der Waals surface area contributed by atoms with Crippen molar-refractivity contribution in [1.29, 1.82) is 0 Å². The molecule has 3 unspecified atom stereocenters. The molecule has 0 spiro atoms. The van der Waals surface area contributed by atoms with Crippen molar-refractivity contribution < 1.29 is 27.8 Å². The molecular formula is C31H35ClF3NO3. The van der Waals surface area contributed by atoms with Gasteiger partial charge in [-0.1, -0.05) is 30.7 Å². The maximum Gasteiger partial charge on any atom is 0.416 e. The van der Waals surface area contributed by atoms with E-state index in [1.165, 1.54) is 17.7 Å². The predicted octanol–water partition coefficient (Wildman–Crippen LogP) is 7.74. The van der Waals surface area contributed by atoms with Crippen LogP contribution in [0.25, 0.3) is 0 Å². The Morgan fingerprint density at radius 2 is 1.87 bits per heavy atom. The van der Waals surface area contributed by atoms with Crippen LogP contribution in [0.15, 0.2) is 36.4 Å². The second-order valence-corrected chi connectivity index (χ2v) is 12.6. The van der Waals surface area contributed by atoms with Crippen LogP contribution in [0.4, 0.5) is 13.2 Å². The van der Waals surface area contributed by atoms with E-state index in [1.807, 2.05) is 6.92 Å². The number of likely N-dealkylation sites (tertiary alicyclic amines) is 1. The Balaban J connectivity index is 1.16. The van der Waals surface area contributed by atoms with E-state index in [9.17, 15) is 23.1 Å². The second kappa shape index (κ2) is 9.99. The van der Waals surface area contributed by atoms with Crippen molar-refractivity contribution in [2.24, 2.45) is 23.7 Å². The third-order valence-electron chi connectivity index (χ3n) is 9.89. The molecule has 7 atom stereocenters. The molecule has 2 aliphatic carbocycles. The SMILES string of the molecule is CC(c1cc(Cl)ccc1C(F)(F)F)N1C[C@H]2C[C@@H]1CC2C1CCc2ccc([C@H](C3CC3)[C@H](C)C(=O)O)cc2O1. The molecule has 2 aliphatic heterocycles. The number of carboxylic acid groups (broad SMARTS) is 1. The van der Waals surface area contributed by atoms with E-state index in [0.29, 0.717) is 22.8 Å². The summed E-state index contributed by atoms with van der Waals surface area (Å²) in [7, 11) is 0. The molecule has 2 aromatic carbocycles. The smallest absolute Gasteiger partial charge is 0.416 e. The summed E-state index contributed by atoms with van der Waals surface area (Å²) in [4.78, 5) is 14.0. The summed E-state index contributed by atoms with van der Waals surface area (Å²) in [6.07, 6.45) is 1.55. The first-order valence-corrected chi connectivity index (χ1v) is 14.5. The number of rotatable bonds is 7. The van der Waals surface area contributed by atoms with Gasteiger partial charge in [0.05, 0.1) is 11.5 Å². The zero-order valence-electron chi connectivity index (χ0n) is 22.3. The van der Waals surface area contributed by atoms with Crippen LogP contribution in [0.5, 0.6) is 5.75 Å². The van der Waals surface area contributed by atoms with Crippen LogP contribution in [-0.4, -0.2) is 34.7 Å². The van der Waals surface area contributed by atoms with Crippen molar-refractivity contribution in [3.8, 4) is 5.75 Å². The molecule has 2 heterocycles. The molecule has 0 aromatic heterocycles. The average molecular weight is 562 g/mol. The monoisotopic (exact) mass is 561 g/mol. The molecule has 6 rings (SSSR count). The molecule has 2 aromatic rings. The number of carbonyl (C=O) groups is 1. The van der Waals surface area contributed by atoms with Gasteiger partial charge in [-0.2, -0.15) is 13.2 Å². The summed E-state index contributed by atoms with van der Waals surface area (Å²) in [5.41, 5.74) is 1.87. The Bertz CT molecular complexity index is 1260. The van der Waals surface area contributed by atoms with Crippen molar-refractivity contribution in [1.82, 2.24) is 4.90 Å². The van der Waals surface area contributed by atoms with Crippen LogP contribution in [0, 0.1) is 23.7 Å². The zero-order chi connectivity index (χ0) is 27.6. The van der Waals surface area contributed by atoms with E-state index >= 15 is 0 Å². The Morgan fingerprint density at radius 3 is 2.51 bits per heavy atom. The van der Waals surface area contributed by atoms with Gasteiger partial charge in [0.2, 0.25) is 0 Å². The van der Waals surface area contributed by atoms with Gasteiger partial charge in [-0.3, -0.25) is 9.69 Å². The number of hydrogen-bond acceptors (Lipinski definition) is 3. The minimum Gasteiger partial charge on any atom is -0.490 e. The second-order valence-electron chi connectivity index (χ2n) is 12.2. The summed E-state index contributed by atoms with van der Waals surface area (Å²) in [6.45, 7) is 4.42. The molecule has 2 bridgehead atoms. The number of benzene rings is 2. The summed E-state index contributed by atoms with van der Waals surface area (Å²) < 4.78 is 47.9. The lowest BCUT2D eigenvalue weighted by atomic mass is 9.81. The van der Waals surface area contributed by atoms with Crippen LogP contribution >= 0.6 is 11.6 Å². The standard InChI is InChI=1S/C31H35ClF3NO3/c1-16(30(37)38)29(19-4-5-19)20-6-3-18-7-10-27(39-28(18)12-20)25-14-23-11-21(25)15-36(23)17(2)24-13-22(32)8-9-26(24)31(33,34)35/h3,6,8-9,12-13,16-17,19,21,23,25,27,29H,4-5,7,10-11,14-15H2,1-2H3,(H,37,38)/t16-,17?,21+,23+,25?,27?,29-/m0/s1. The first kappa shape index (κ1) is 26.9. The van der Waals surface area contributed by atoms with E-state index in [-0.39, 0.29) is 29.7 Å². The lowest BCUT2D eigenvalue weighted by molar-refractivity contribution is -0.142. The fraction of sp³-hybridized carbons (Fsp3) is 0.581. The van der Waals surface area contributed by atoms with E-state index in [2.05, 4.69) is 23.1 Å². The number of nitrogens with zero attached hydrogens (tertiary/aromatic N) is 1.